The summed E-state index contributed by atoms with van der Waals surface area (Å²) in [5.41, 5.74) is 5.41. The summed E-state index contributed by atoms with van der Waals surface area (Å²) in [4.78, 5) is 24.1. The van der Waals surface area contributed by atoms with Gasteiger partial charge >= 0.3 is 0 Å². The van der Waals surface area contributed by atoms with Crippen LogP contribution in [0.1, 0.15) is 11.1 Å². The first-order chi connectivity index (χ1) is 20.5. The molecule has 42 heavy (non-hydrogen) atoms. The Morgan fingerprint density at radius 2 is 1.55 bits per heavy atom. The standard InChI is InChI=1S/C34H26N4O4/c1-42-31-18-12-24(13-19-31)23-36-34(39)28(22-35)20-27-21-32(25-8-4-2-5-9-25)37(33(27)26-10-6-3-7-11-26)29-14-16-30(17-15-29)38(40)41/h2-21H,23H2,1H3,(H,36,39)/b28-20+. The second-order valence-corrected chi connectivity index (χ2v) is 9.38. The molecule has 0 unspecified atom stereocenters. The van der Waals surface area contributed by atoms with E-state index >= 15 is 0 Å². The van der Waals surface area contributed by atoms with E-state index in [0.29, 0.717) is 17.0 Å². The van der Waals surface area contributed by atoms with Gasteiger partial charge in [0, 0.05) is 29.9 Å². The number of nitrogens with one attached hydrogen (secondary N) is 1. The Bertz CT molecular complexity index is 1790. The zero-order chi connectivity index (χ0) is 29.5. The molecule has 8 heteroatoms. The van der Waals surface area contributed by atoms with Crippen LogP contribution in [0.2, 0.25) is 0 Å². The molecule has 0 fully saturated rings. The zero-order valence-electron chi connectivity index (χ0n) is 22.7. The average molecular weight is 555 g/mol. The Morgan fingerprint density at radius 1 is 0.929 bits per heavy atom. The van der Waals surface area contributed by atoms with E-state index in [1.165, 1.54) is 12.1 Å². The van der Waals surface area contributed by atoms with Crippen molar-refractivity contribution in [3.63, 3.8) is 0 Å². The molecular weight excluding hydrogens is 528 g/mol. The average Bonchev–Trinajstić information content (AvgIpc) is 3.42. The van der Waals surface area contributed by atoms with Gasteiger partial charge in [0.1, 0.15) is 17.4 Å². The van der Waals surface area contributed by atoms with Gasteiger partial charge in [0.15, 0.2) is 0 Å². The van der Waals surface area contributed by atoms with Gasteiger partial charge in [-0.25, -0.2) is 0 Å². The van der Waals surface area contributed by atoms with Crippen LogP contribution in [0.3, 0.4) is 0 Å². The van der Waals surface area contributed by atoms with Crippen molar-refractivity contribution in [2.24, 2.45) is 0 Å². The Labute approximate surface area is 242 Å². The third kappa shape index (κ3) is 5.96. The number of rotatable bonds is 9. The lowest BCUT2D eigenvalue weighted by atomic mass is 10.0. The minimum Gasteiger partial charge on any atom is -0.497 e. The molecule has 0 aliphatic rings. The predicted molar refractivity (Wildman–Crippen MR) is 162 cm³/mol. The topological polar surface area (TPSA) is 110 Å². The molecule has 1 aromatic heterocycles. The predicted octanol–water partition coefficient (Wildman–Crippen LogP) is 6.95. The van der Waals surface area contributed by atoms with Crippen molar-refractivity contribution >= 4 is 17.7 Å². The SMILES string of the molecule is COc1ccc(CNC(=O)/C(C#N)=C/c2cc(-c3ccccc3)n(-c3ccc([N+](=O)[O-])cc3)c2-c2ccccc2)cc1. The third-order valence-electron chi connectivity index (χ3n) is 6.74. The van der Waals surface area contributed by atoms with Crippen LogP contribution in [0.4, 0.5) is 5.69 Å². The summed E-state index contributed by atoms with van der Waals surface area (Å²) in [6, 6.07) is 36.9. The molecule has 0 saturated heterocycles. The highest BCUT2D eigenvalue weighted by Crippen LogP contribution is 2.37. The normalized spacial score (nSPS) is 11.0. The summed E-state index contributed by atoms with van der Waals surface area (Å²) >= 11 is 0. The molecule has 0 atom stereocenters. The molecule has 1 N–H and O–H groups in total. The molecule has 5 rings (SSSR count). The highest BCUT2D eigenvalue weighted by molar-refractivity contribution is 6.03. The van der Waals surface area contributed by atoms with Crippen LogP contribution in [-0.2, 0) is 11.3 Å². The molecule has 0 spiro atoms. The smallest absolute Gasteiger partial charge is 0.269 e. The number of ether oxygens (including phenoxy) is 1. The van der Waals surface area contributed by atoms with E-state index < -0.39 is 10.8 Å². The van der Waals surface area contributed by atoms with Crippen LogP contribution < -0.4 is 10.1 Å². The summed E-state index contributed by atoms with van der Waals surface area (Å²) < 4.78 is 7.18. The van der Waals surface area contributed by atoms with Gasteiger partial charge in [0.25, 0.3) is 11.6 Å². The summed E-state index contributed by atoms with van der Waals surface area (Å²) in [6.45, 7) is 0.243. The summed E-state index contributed by atoms with van der Waals surface area (Å²) in [6.07, 6.45) is 1.58. The van der Waals surface area contributed by atoms with Gasteiger partial charge in [-0.05, 0) is 53.1 Å². The van der Waals surface area contributed by atoms with E-state index in [9.17, 15) is 20.2 Å². The molecule has 1 amide bonds. The Morgan fingerprint density at radius 3 is 2.12 bits per heavy atom. The Hall–Kier alpha value is -5.94. The minimum absolute atomic E-state index is 0.0196. The number of nitro groups is 1. The van der Waals surface area contributed by atoms with E-state index in [-0.39, 0.29) is 17.8 Å². The summed E-state index contributed by atoms with van der Waals surface area (Å²) in [7, 11) is 1.59. The van der Waals surface area contributed by atoms with E-state index in [1.807, 2.05) is 83.4 Å². The van der Waals surface area contributed by atoms with Gasteiger partial charge in [-0.3, -0.25) is 14.9 Å². The van der Waals surface area contributed by atoms with Crippen molar-refractivity contribution in [3.8, 4) is 40.0 Å². The molecule has 0 radical (unpaired) electrons. The van der Waals surface area contributed by atoms with Crippen LogP contribution >= 0.6 is 0 Å². The third-order valence-corrected chi connectivity index (χ3v) is 6.74. The number of nitro benzene ring substituents is 1. The van der Waals surface area contributed by atoms with Crippen LogP contribution in [0.5, 0.6) is 5.75 Å². The first kappa shape index (κ1) is 27.6. The molecule has 0 aliphatic carbocycles. The van der Waals surface area contributed by atoms with Crippen molar-refractivity contribution in [1.82, 2.24) is 9.88 Å². The number of hydrogen-bond donors (Lipinski definition) is 1. The van der Waals surface area contributed by atoms with Crippen molar-refractivity contribution in [2.45, 2.75) is 6.54 Å². The molecule has 206 valence electrons. The number of amides is 1. The molecule has 0 saturated carbocycles. The van der Waals surface area contributed by atoms with Crippen molar-refractivity contribution in [2.75, 3.05) is 7.11 Å². The number of methoxy groups -OCH3 is 1. The lowest BCUT2D eigenvalue weighted by Gasteiger charge is -2.15. The van der Waals surface area contributed by atoms with E-state index in [0.717, 1.165) is 28.1 Å². The van der Waals surface area contributed by atoms with Gasteiger partial charge in [-0.15, -0.1) is 0 Å². The van der Waals surface area contributed by atoms with Crippen molar-refractivity contribution in [3.05, 3.63) is 142 Å². The summed E-state index contributed by atoms with van der Waals surface area (Å²) in [5, 5.41) is 24.2. The fourth-order valence-electron chi connectivity index (χ4n) is 4.67. The van der Waals surface area contributed by atoms with Gasteiger partial charge in [-0.1, -0.05) is 72.8 Å². The fourth-order valence-corrected chi connectivity index (χ4v) is 4.67. The number of carbonyl (C=O) groups excluding carboxylic acids is 1. The fraction of sp³-hybridized carbons (Fsp3) is 0.0588. The largest absolute Gasteiger partial charge is 0.497 e. The summed E-state index contributed by atoms with van der Waals surface area (Å²) in [5.74, 6) is 0.208. The van der Waals surface area contributed by atoms with Gasteiger partial charge in [-0.2, -0.15) is 5.26 Å². The van der Waals surface area contributed by atoms with E-state index in [2.05, 4.69) is 11.4 Å². The molecule has 8 nitrogen and oxygen atoms in total. The lowest BCUT2D eigenvalue weighted by molar-refractivity contribution is -0.384. The number of hydrogen-bond acceptors (Lipinski definition) is 5. The van der Waals surface area contributed by atoms with Gasteiger partial charge < -0.3 is 14.6 Å². The zero-order valence-corrected chi connectivity index (χ0v) is 22.7. The Kier molecular flexibility index (Phi) is 8.22. The lowest BCUT2D eigenvalue weighted by Crippen LogP contribution is -2.23. The van der Waals surface area contributed by atoms with E-state index in [4.69, 9.17) is 4.74 Å². The highest BCUT2D eigenvalue weighted by atomic mass is 16.6. The molecule has 4 aromatic carbocycles. The van der Waals surface area contributed by atoms with Crippen molar-refractivity contribution < 1.29 is 14.5 Å². The monoisotopic (exact) mass is 554 g/mol. The van der Waals surface area contributed by atoms with E-state index in [1.54, 1.807) is 37.5 Å². The second-order valence-electron chi connectivity index (χ2n) is 9.38. The maximum Gasteiger partial charge on any atom is 0.269 e. The molecule has 1 heterocycles. The number of nitrogens with zero attached hydrogens (tertiary/aromatic N) is 3. The number of benzene rings is 4. The van der Waals surface area contributed by atoms with Crippen LogP contribution in [-0.4, -0.2) is 22.5 Å². The maximum atomic E-state index is 13.2. The van der Waals surface area contributed by atoms with Gasteiger partial charge in [0.2, 0.25) is 0 Å². The van der Waals surface area contributed by atoms with Crippen LogP contribution in [0, 0.1) is 21.4 Å². The molecule has 5 aromatic rings. The number of carbonyl (C=O) groups is 1. The number of non-ortho nitro benzene ring substituents is 1. The first-order valence-corrected chi connectivity index (χ1v) is 13.1. The minimum atomic E-state index is -0.503. The number of aromatic nitrogens is 1. The molecule has 0 bridgehead atoms. The number of nitriles is 1. The van der Waals surface area contributed by atoms with Gasteiger partial charge in [0.05, 0.1) is 23.4 Å². The van der Waals surface area contributed by atoms with Crippen LogP contribution in [0.25, 0.3) is 34.3 Å². The quantitative estimate of drug-likeness (QED) is 0.0917. The van der Waals surface area contributed by atoms with Crippen LogP contribution in [0.15, 0.2) is 121 Å². The molecular formula is C34H26N4O4. The molecule has 0 aliphatic heterocycles. The first-order valence-electron chi connectivity index (χ1n) is 13.1. The highest BCUT2D eigenvalue weighted by Gasteiger charge is 2.21. The Balaban J connectivity index is 1.63. The maximum absolute atomic E-state index is 13.2. The second kappa shape index (κ2) is 12.5. The van der Waals surface area contributed by atoms with Crippen molar-refractivity contribution in [1.29, 1.82) is 5.26 Å².